The lowest BCUT2D eigenvalue weighted by molar-refractivity contribution is 0.186. The highest BCUT2D eigenvalue weighted by Crippen LogP contribution is 2.14. The van der Waals surface area contributed by atoms with Crippen molar-refractivity contribution in [3.63, 3.8) is 0 Å². The summed E-state index contributed by atoms with van der Waals surface area (Å²) in [5.74, 6) is 0. The molecule has 1 aromatic carbocycles. The van der Waals surface area contributed by atoms with Gasteiger partial charge in [0.05, 0.1) is 0 Å². The molecule has 0 bridgehead atoms. The minimum atomic E-state index is 0.0987. The second kappa shape index (κ2) is 8.25. The Morgan fingerprint density at radius 3 is 2.39 bits per heavy atom. The van der Waals surface area contributed by atoms with Crippen molar-refractivity contribution in [2.45, 2.75) is 38.8 Å². The zero-order valence-electron chi connectivity index (χ0n) is 11.5. The molecule has 1 rings (SSSR count). The molecular formula is C15H26N2O. The smallest absolute Gasteiger partial charge is 0.0443 e. The highest BCUT2D eigenvalue weighted by Gasteiger charge is 2.12. The van der Waals surface area contributed by atoms with Crippen LogP contribution in [-0.2, 0) is 0 Å². The lowest BCUT2D eigenvalue weighted by Crippen LogP contribution is -2.34. The van der Waals surface area contributed by atoms with Crippen LogP contribution in [0.1, 0.15) is 38.3 Å². The number of nitrogens with zero attached hydrogens (tertiary/aromatic N) is 1. The van der Waals surface area contributed by atoms with E-state index in [1.54, 1.807) is 0 Å². The normalized spacial score (nSPS) is 13.2. The van der Waals surface area contributed by atoms with Crippen LogP contribution in [0.3, 0.4) is 0 Å². The van der Waals surface area contributed by atoms with Gasteiger partial charge in [-0.3, -0.25) is 0 Å². The summed E-state index contributed by atoms with van der Waals surface area (Å²) in [6.07, 6.45) is 1.78. The summed E-state index contributed by atoms with van der Waals surface area (Å²) in [5, 5.41) is 8.90. The van der Waals surface area contributed by atoms with E-state index >= 15 is 0 Å². The molecule has 3 N–H and O–H groups in total. The Morgan fingerprint density at radius 2 is 1.83 bits per heavy atom. The van der Waals surface area contributed by atoms with Crippen molar-refractivity contribution in [1.82, 2.24) is 4.90 Å². The fraction of sp³-hybridized carbons (Fsp3) is 0.600. The van der Waals surface area contributed by atoms with Crippen molar-refractivity contribution in [3.8, 4) is 0 Å². The van der Waals surface area contributed by atoms with Crippen LogP contribution < -0.4 is 5.73 Å². The van der Waals surface area contributed by atoms with Crippen LogP contribution in [-0.4, -0.2) is 35.7 Å². The average molecular weight is 250 g/mol. The van der Waals surface area contributed by atoms with E-state index in [0.29, 0.717) is 6.04 Å². The Hall–Kier alpha value is -0.900. The van der Waals surface area contributed by atoms with E-state index in [-0.39, 0.29) is 12.6 Å². The van der Waals surface area contributed by atoms with Gasteiger partial charge in [0.15, 0.2) is 0 Å². The van der Waals surface area contributed by atoms with Crippen molar-refractivity contribution in [3.05, 3.63) is 35.9 Å². The lowest BCUT2D eigenvalue weighted by atomic mass is 10.0. The van der Waals surface area contributed by atoms with E-state index in [2.05, 4.69) is 30.9 Å². The molecule has 0 radical (unpaired) electrons. The average Bonchev–Trinajstić information content (AvgIpc) is 2.39. The van der Waals surface area contributed by atoms with Crippen LogP contribution >= 0.6 is 0 Å². The van der Waals surface area contributed by atoms with Crippen LogP contribution in [0.4, 0.5) is 0 Å². The molecule has 0 fully saturated rings. The van der Waals surface area contributed by atoms with Crippen molar-refractivity contribution >= 4 is 0 Å². The molecule has 102 valence electrons. The molecule has 3 heteroatoms. The van der Waals surface area contributed by atoms with Gasteiger partial charge in [-0.05, 0) is 32.3 Å². The predicted octanol–water partition coefficient (Wildman–Crippen LogP) is 2.17. The molecule has 0 saturated carbocycles. The van der Waals surface area contributed by atoms with Gasteiger partial charge in [0.2, 0.25) is 0 Å². The van der Waals surface area contributed by atoms with Gasteiger partial charge in [0.25, 0.3) is 0 Å². The molecule has 1 unspecified atom stereocenters. The number of nitrogens with two attached hydrogens (primary N) is 1. The summed E-state index contributed by atoms with van der Waals surface area (Å²) in [5.41, 5.74) is 7.39. The van der Waals surface area contributed by atoms with Gasteiger partial charge in [-0.1, -0.05) is 30.3 Å². The number of rotatable bonds is 8. The summed E-state index contributed by atoms with van der Waals surface area (Å²) in [4.78, 5) is 2.37. The summed E-state index contributed by atoms with van der Waals surface area (Å²) < 4.78 is 0. The van der Waals surface area contributed by atoms with Gasteiger partial charge in [0.1, 0.15) is 0 Å². The monoisotopic (exact) mass is 250 g/mol. The topological polar surface area (TPSA) is 49.5 Å². The molecule has 0 aromatic heterocycles. The fourth-order valence-corrected chi connectivity index (χ4v) is 2.07. The Kier molecular flexibility index (Phi) is 6.94. The van der Waals surface area contributed by atoms with E-state index in [9.17, 15) is 0 Å². The van der Waals surface area contributed by atoms with Crippen molar-refractivity contribution in [1.29, 1.82) is 0 Å². The molecule has 0 amide bonds. The first-order chi connectivity index (χ1) is 8.65. The van der Waals surface area contributed by atoms with Crippen LogP contribution in [0.2, 0.25) is 0 Å². The van der Waals surface area contributed by atoms with Crippen LogP contribution in [0.25, 0.3) is 0 Å². The number of hydrogen-bond donors (Lipinski definition) is 2. The second-order valence-electron chi connectivity index (χ2n) is 5.01. The fourth-order valence-electron chi connectivity index (χ4n) is 2.07. The van der Waals surface area contributed by atoms with E-state index in [1.807, 2.05) is 18.2 Å². The molecular weight excluding hydrogens is 224 g/mol. The molecule has 0 aliphatic rings. The van der Waals surface area contributed by atoms with Gasteiger partial charge in [-0.15, -0.1) is 0 Å². The zero-order valence-corrected chi connectivity index (χ0v) is 11.5. The van der Waals surface area contributed by atoms with Crippen LogP contribution in [0, 0.1) is 0 Å². The maximum Gasteiger partial charge on any atom is 0.0443 e. The van der Waals surface area contributed by atoms with Gasteiger partial charge in [0, 0.05) is 31.8 Å². The third-order valence-corrected chi connectivity index (χ3v) is 3.29. The van der Waals surface area contributed by atoms with Gasteiger partial charge < -0.3 is 15.7 Å². The summed E-state index contributed by atoms with van der Waals surface area (Å²) in [7, 11) is 0. The second-order valence-corrected chi connectivity index (χ2v) is 5.01. The van der Waals surface area contributed by atoms with Gasteiger partial charge >= 0.3 is 0 Å². The first-order valence-electron chi connectivity index (χ1n) is 6.80. The van der Waals surface area contributed by atoms with Crippen molar-refractivity contribution in [2.24, 2.45) is 5.73 Å². The largest absolute Gasteiger partial charge is 0.396 e. The number of benzene rings is 1. The Labute approximate surface area is 111 Å². The molecule has 18 heavy (non-hydrogen) atoms. The molecule has 0 aliphatic carbocycles. The van der Waals surface area contributed by atoms with E-state index in [0.717, 1.165) is 25.9 Å². The number of aliphatic hydroxyl groups excluding tert-OH is 1. The summed E-state index contributed by atoms with van der Waals surface area (Å²) in [6.45, 7) is 6.55. The maximum absolute atomic E-state index is 8.90. The first-order valence-corrected chi connectivity index (χ1v) is 6.80. The standard InChI is InChI=1S/C15H26N2O/c1-13(2)17(10-6-12-18)11-9-15(16)14-7-4-3-5-8-14/h3-5,7-8,13,15,18H,6,9-12,16H2,1-2H3. The highest BCUT2D eigenvalue weighted by molar-refractivity contribution is 5.18. The molecule has 0 spiro atoms. The SMILES string of the molecule is CC(C)N(CCCO)CCC(N)c1ccccc1. The molecule has 0 aliphatic heterocycles. The van der Waals surface area contributed by atoms with Crippen molar-refractivity contribution in [2.75, 3.05) is 19.7 Å². The zero-order chi connectivity index (χ0) is 13.4. The minimum Gasteiger partial charge on any atom is -0.396 e. The summed E-state index contributed by atoms with van der Waals surface area (Å²) >= 11 is 0. The molecule has 0 saturated heterocycles. The van der Waals surface area contributed by atoms with E-state index in [4.69, 9.17) is 10.8 Å². The lowest BCUT2D eigenvalue weighted by Gasteiger charge is -2.27. The Bertz CT molecular complexity index is 314. The molecule has 1 atom stereocenters. The Balaban J connectivity index is 2.42. The maximum atomic E-state index is 8.90. The predicted molar refractivity (Wildman–Crippen MR) is 76.4 cm³/mol. The van der Waals surface area contributed by atoms with Crippen molar-refractivity contribution < 1.29 is 5.11 Å². The molecule has 3 nitrogen and oxygen atoms in total. The quantitative estimate of drug-likeness (QED) is 0.743. The van der Waals surface area contributed by atoms with Crippen LogP contribution in [0.15, 0.2) is 30.3 Å². The molecule has 1 aromatic rings. The minimum absolute atomic E-state index is 0.0987. The number of hydrogen-bond acceptors (Lipinski definition) is 3. The third kappa shape index (κ3) is 5.17. The highest BCUT2D eigenvalue weighted by atomic mass is 16.3. The van der Waals surface area contributed by atoms with E-state index in [1.165, 1.54) is 5.56 Å². The number of aliphatic hydroxyl groups is 1. The third-order valence-electron chi connectivity index (χ3n) is 3.29. The molecule has 0 heterocycles. The van der Waals surface area contributed by atoms with E-state index < -0.39 is 0 Å². The Morgan fingerprint density at radius 1 is 1.17 bits per heavy atom. The first kappa shape index (κ1) is 15.2. The summed E-state index contributed by atoms with van der Waals surface area (Å²) in [6, 6.07) is 10.8. The van der Waals surface area contributed by atoms with Gasteiger partial charge in [-0.25, -0.2) is 0 Å². The van der Waals surface area contributed by atoms with Crippen LogP contribution in [0.5, 0.6) is 0 Å². The van der Waals surface area contributed by atoms with Gasteiger partial charge in [-0.2, -0.15) is 0 Å².